The highest BCUT2D eigenvalue weighted by molar-refractivity contribution is 5.65. The Hall–Kier alpha value is -0.910. The standard InChI is InChI=1S/C11H18F2N2O2/c12-9(13)7-14-4-1-11(2-5-14)3-6-15(8-11)10(16)17/h9H,1-8H2,(H,16,17)/p+1. The molecule has 2 saturated heterocycles. The van der Waals surface area contributed by atoms with E-state index in [0.717, 1.165) is 19.3 Å². The Balaban J connectivity index is 1.84. The highest BCUT2D eigenvalue weighted by Crippen LogP contribution is 2.40. The van der Waals surface area contributed by atoms with Gasteiger partial charge in [-0.1, -0.05) is 0 Å². The first-order chi connectivity index (χ1) is 8.01. The second kappa shape index (κ2) is 4.76. The van der Waals surface area contributed by atoms with Gasteiger partial charge in [0.2, 0.25) is 0 Å². The fourth-order valence-electron chi connectivity index (χ4n) is 2.92. The van der Waals surface area contributed by atoms with Crippen molar-refractivity contribution in [3.63, 3.8) is 0 Å². The van der Waals surface area contributed by atoms with Crippen LogP contribution in [-0.2, 0) is 0 Å². The molecule has 0 bridgehead atoms. The van der Waals surface area contributed by atoms with Crippen LogP contribution in [0.4, 0.5) is 13.6 Å². The van der Waals surface area contributed by atoms with Gasteiger partial charge in [0.05, 0.1) is 11.3 Å². The molecule has 4 nitrogen and oxygen atoms in total. The van der Waals surface area contributed by atoms with Gasteiger partial charge in [0.25, 0.3) is 6.43 Å². The van der Waals surface area contributed by atoms with Crippen molar-refractivity contribution in [2.45, 2.75) is 25.7 Å². The van der Waals surface area contributed by atoms with Crippen LogP contribution in [0.3, 0.4) is 0 Å². The summed E-state index contributed by atoms with van der Waals surface area (Å²) in [5.41, 5.74) is 0.0926. The van der Waals surface area contributed by atoms with Crippen molar-refractivity contribution in [3.8, 4) is 0 Å². The number of carbonyl (C=O) groups is 1. The maximum Gasteiger partial charge on any atom is 0.628 e. The predicted molar refractivity (Wildman–Crippen MR) is 59.3 cm³/mol. The first-order valence-corrected chi connectivity index (χ1v) is 6.02. The minimum absolute atomic E-state index is 0.0926. The third kappa shape index (κ3) is 2.86. The van der Waals surface area contributed by atoms with Crippen molar-refractivity contribution in [1.29, 1.82) is 0 Å². The number of piperidine rings is 1. The average Bonchev–Trinajstić information content (AvgIpc) is 2.66. The fourth-order valence-corrected chi connectivity index (χ4v) is 2.92. The van der Waals surface area contributed by atoms with E-state index in [9.17, 15) is 13.6 Å². The molecule has 2 aliphatic heterocycles. The number of amides is 1. The molecule has 0 aromatic heterocycles. The summed E-state index contributed by atoms with van der Waals surface area (Å²) in [7, 11) is 0. The highest BCUT2D eigenvalue weighted by Gasteiger charge is 2.44. The molecule has 17 heavy (non-hydrogen) atoms. The summed E-state index contributed by atoms with van der Waals surface area (Å²) in [5.74, 6) is 0. The van der Waals surface area contributed by atoms with Gasteiger partial charge in [-0.15, -0.1) is 0 Å². The third-order valence-electron chi connectivity index (χ3n) is 4.04. The molecular formula is C11H19F2N2O2+. The normalized spacial score (nSPS) is 24.8. The summed E-state index contributed by atoms with van der Waals surface area (Å²) in [6.07, 6.45) is -0.233. The topological polar surface area (TPSA) is 46.5 Å². The maximum atomic E-state index is 12.2. The van der Waals surface area contributed by atoms with Crippen LogP contribution in [0.1, 0.15) is 19.3 Å². The van der Waals surface area contributed by atoms with Crippen molar-refractivity contribution < 1.29 is 18.7 Å². The number of carbonyl (C=O) groups excluding carboxylic acids is 1. The summed E-state index contributed by atoms with van der Waals surface area (Å²) in [6.45, 7) is 2.51. The summed E-state index contributed by atoms with van der Waals surface area (Å²) in [5, 5.41) is 7.09. The Kier molecular flexibility index (Phi) is 3.51. The zero-order valence-corrected chi connectivity index (χ0v) is 9.79. The molecule has 0 aromatic rings. The van der Waals surface area contributed by atoms with Crippen LogP contribution in [0.25, 0.3) is 0 Å². The molecule has 1 spiro atoms. The van der Waals surface area contributed by atoms with Crippen LogP contribution in [0, 0.1) is 5.41 Å². The number of rotatable bonds is 2. The van der Waals surface area contributed by atoms with Gasteiger partial charge in [0.1, 0.15) is 0 Å². The van der Waals surface area contributed by atoms with Gasteiger partial charge in [0, 0.05) is 13.1 Å². The van der Waals surface area contributed by atoms with Gasteiger partial charge in [-0.05, 0) is 37.8 Å². The number of halogens is 2. The van der Waals surface area contributed by atoms with Gasteiger partial charge in [-0.25, -0.2) is 8.78 Å². The third-order valence-corrected chi connectivity index (χ3v) is 4.04. The second-order valence-electron chi connectivity index (χ2n) is 5.17. The van der Waals surface area contributed by atoms with Crippen LogP contribution in [0.15, 0.2) is 0 Å². The zero-order chi connectivity index (χ0) is 12.5. The zero-order valence-electron chi connectivity index (χ0n) is 9.79. The molecular weight excluding hydrogens is 230 g/mol. The Bertz CT molecular complexity index is 291. The SMILES string of the molecule is O=C([OH2+])N1CCC2(CCN(CC(F)F)CC2)C1. The lowest BCUT2D eigenvalue weighted by atomic mass is 9.78. The minimum Gasteiger partial charge on any atom is -0.547 e. The van der Waals surface area contributed by atoms with Crippen LogP contribution in [0.2, 0.25) is 0 Å². The van der Waals surface area contributed by atoms with Crippen molar-refractivity contribution in [1.82, 2.24) is 9.80 Å². The van der Waals surface area contributed by atoms with E-state index in [0.29, 0.717) is 26.2 Å². The number of nitrogens with zero attached hydrogens (tertiary/aromatic N) is 2. The number of hydrogen-bond donors (Lipinski definition) is 0. The fraction of sp³-hybridized carbons (Fsp3) is 0.909. The Morgan fingerprint density at radius 2 is 1.82 bits per heavy atom. The molecule has 98 valence electrons. The van der Waals surface area contributed by atoms with Gasteiger partial charge in [0.15, 0.2) is 0 Å². The lowest BCUT2D eigenvalue weighted by molar-refractivity contribution is 0.0461. The van der Waals surface area contributed by atoms with E-state index < -0.39 is 12.5 Å². The molecule has 6 heteroatoms. The molecule has 0 radical (unpaired) electrons. The van der Waals surface area contributed by atoms with E-state index in [1.165, 1.54) is 0 Å². The summed E-state index contributed by atoms with van der Waals surface area (Å²) >= 11 is 0. The van der Waals surface area contributed by atoms with Gasteiger partial charge < -0.3 is 5.11 Å². The highest BCUT2D eigenvalue weighted by atomic mass is 19.3. The molecule has 0 unspecified atom stereocenters. The minimum atomic E-state index is -2.26. The maximum absolute atomic E-state index is 12.2. The van der Waals surface area contributed by atoms with Crippen molar-refractivity contribution >= 4 is 6.09 Å². The lowest BCUT2D eigenvalue weighted by Gasteiger charge is -2.38. The monoisotopic (exact) mass is 249 g/mol. The Labute approximate surface area is 99.2 Å². The molecule has 0 aliphatic carbocycles. The summed E-state index contributed by atoms with van der Waals surface area (Å²) < 4.78 is 24.5. The molecule has 0 aromatic carbocycles. The quantitative estimate of drug-likeness (QED) is 0.682. The first kappa shape index (κ1) is 12.5. The summed E-state index contributed by atoms with van der Waals surface area (Å²) in [4.78, 5) is 14.3. The number of alkyl halides is 2. The average molecular weight is 249 g/mol. The molecule has 2 rings (SSSR count). The van der Waals surface area contributed by atoms with Crippen LogP contribution >= 0.6 is 0 Å². The molecule has 0 saturated carbocycles. The van der Waals surface area contributed by atoms with E-state index >= 15 is 0 Å². The molecule has 2 fully saturated rings. The van der Waals surface area contributed by atoms with E-state index in [1.807, 2.05) is 0 Å². The van der Waals surface area contributed by atoms with E-state index in [4.69, 9.17) is 5.11 Å². The van der Waals surface area contributed by atoms with Crippen molar-refractivity contribution in [3.05, 3.63) is 0 Å². The van der Waals surface area contributed by atoms with E-state index in [2.05, 4.69) is 0 Å². The van der Waals surface area contributed by atoms with Crippen molar-refractivity contribution in [2.24, 2.45) is 5.41 Å². The van der Waals surface area contributed by atoms with Crippen LogP contribution in [0.5, 0.6) is 0 Å². The van der Waals surface area contributed by atoms with Crippen molar-refractivity contribution in [2.75, 3.05) is 32.7 Å². The molecule has 2 heterocycles. The van der Waals surface area contributed by atoms with Gasteiger partial charge in [-0.2, -0.15) is 0 Å². The molecule has 1 amide bonds. The van der Waals surface area contributed by atoms with Crippen LogP contribution in [-0.4, -0.2) is 60.1 Å². The van der Waals surface area contributed by atoms with Gasteiger partial charge >= 0.3 is 6.09 Å². The van der Waals surface area contributed by atoms with Gasteiger partial charge in [-0.3, -0.25) is 9.80 Å². The lowest BCUT2D eigenvalue weighted by Crippen LogP contribution is -2.43. The summed E-state index contributed by atoms with van der Waals surface area (Å²) in [6, 6.07) is 0. The van der Waals surface area contributed by atoms with E-state index in [-0.39, 0.29) is 12.0 Å². The Morgan fingerprint density at radius 3 is 2.29 bits per heavy atom. The second-order valence-corrected chi connectivity index (χ2v) is 5.17. The number of likely N-dealkylation sites (tertiary alicyclic amines) is 2. The molecule has 2 aliphatic rings. The first-order valence-electron chi connectivity index (χ1n) is 6.02. The molecule has 0 atom stereocenters. The van der Waals surface area contributed by atoms with E-state index in [1.54, 1.807) is 9.80 Å². The number of hydrogen-bond acceptors (Lipinski definition) is 2. The largest absolute Gasteiger partial charge is 0.628 e. The Morgan fingerprint density at radius 1 is 1.24 bits per heavy atom. The molecule has 2 N–H and O–H groups in total. The predicted octanol–water partition coefficient (Wildman–Crippen LogP) is 0.884. The smallest absolute Gasteiger partial charge is 0.547 e. The van der Waals surface area contributed by atoms with Crippen LogP contribution < -0.4 is 0 Å².